The summed E-state index contributed by atoms with van der Waals surface area (Å²) >= 11 is 0. The Hall–Kier alpha value is -0.900. The molecule has 0 aliphatic carbocycles. The lowest BCUT2D eigenvalue weighted by atomic mass is 10.1. The van der Waals surface area contributed by atoms with Crippen LogP contribution in [0.25, 0.3) is 0 Å². The van der Waals surface area contributed by atoms with Gasteiger partial charge in [0, 0.05) is 12.5 Å². The van der Waals surface area contributed by atoms with Gasteiger partial charge in [0.15, 0.2) is 0 Å². The zero-order valence-corrected chi connectivity index (χ0v) is 10.0. The first kappa shape index (κ1) is 14.1. The molecule has 1 N–H and O–H groups in total. The smallest absolute Gasteiger partial charge is 0.293 e. The first-order valence-electron chi connectivity index (χ1n) is 5.19. The van der Waals surface area contributed by atoms with E-state index in [4.69, 9.17) is 0 Å². The predicted octanol–water partition coefficient (Wildman–Crippen LogP) is 1.14. The van der Waals surface area contributed by atoms with E-state index >= 15 is 0 Å². The van der Waals surface area contributed by atoms with Gasteiger partial charge >= 0.3 is 0 Å². The fraction of sp³-hybridized carbons (Fsp3) is 0.818. The van der Waals surface area contributed by atoms with Crippen molar-refractivity contribution in [3.8, 4) is 0 Å². The summed E-state index contributed by atoms with van der Waals surface area (Å²) in [4.78, 5) is 20.2. The highest BCUT2D eigenvalue weighted by Gasteiger charge is 2.17. The molecule has 0 amide bonds. The number of Topliss-reactive ketones (excluding diaryl/α,β-unsaturated/α-hetero) is 1. The number of ether oxygens (including phenoxy) is 1. The summed E-state index contributed by atoms with van der Waals surface area (Å²) in [6, 6.07) is 0. The second kappa shape index (κ2) is 6.56. The molecule has 1 heterocycles. The Morgan fingerprint density at radius 2 is 2.07 bits per heavy atom. The number of hydrogen-bond acceptors (Lipinski definition) is 4. The van der Waals surface area contributed by atoms with Crippen LogP contribution in [-0.2, 0) is 14.3 Å². The fourth-order valence-corrected chi connectivity index (χ4v) is 1.15. The van der Waals surface area contributed by atoms with E-state index in [2.05, 4.69) is 10.1 Å². The summed E-state index contributed by atoms with van der Waals surface area (Å²) < 4.78 is 4.55. The Bertz CT molecular complexity index is 202. The Labute approximate surface area is 91.4 Å². The maximum atomic E-state index is 10.6. The van der Waals surface area contributed by atoms with Crippen molar-refractivity contribution in [2.75, 3.05) is 13.1 Å². The van der Waals surface area contributed by atoms with Crippen LogP contribution < -0.4 is 5.32 Å². The lowest BCUT2D eigenvalue weighted by Gasteiger charge is -2.14. The third kappa shape index (κ3) is 8.12. The molecule has 0 spiro atoms. The minimum atomic E-state index is -0.318. The van der Waals surface area contributed by atoms with Crippen LogP contribution in [0.2, 0.25) is 0 Å². The average molecular weight is 215 g/mol. The number of nitrogens with one attached hydrogen (secondary N) is 1. The molecule has 1 atom stereocenters. The van der Waals surface area contributed by atoms with Gasteiger partial charge in [-0.1, -0.05) is 0 Å². The van der Waals surface area contributed by atoms with Crippen LogP contribution in [0, 0.1) is 5.92 Å². The van der Waals surface area contributed by atoms with Gasteiger partial charge in [0.05, 0.1) is 0 Å². The summed E-state index contributed by atoms with van der Waals surface area (Å²) in [6.45, 7) is 9.50. The molecular weight excluding hydrogens is 194 g/mol. The van der Waals surface area contributed by atoms with Gasteiger partial charge in [-0.3, -0.25) is 9.59 Å². The number of ketones is 1. The van der Waals surface area contributed by atoms with E-state index in [0.29, 0.717) is 18.2 Å². The standard InChI is InChI=1S/C6H11NO.C5H10O2/c1-5(8)6-2-3-7-4-6;1-5(2,3)7-4-6/h6-7H,2-4H2,1H3;4H,1-3H3/t6-;/m0./s1. The van der Waals surface area contributed by atoms with Crippen molar-refractivity contribution in [1.82, 2.24) is 5.32 Å². The molecule has 88 valence electrons. The van der Waals surface area contributed by atoms with Crippen molar-refractivity contribution in [3.63, 3.8) is 0 Å². The predicted molar refractivity (Wildman–Crippen MR) is 58.6 cm³/mol. The Morgan fingerprint density at radius 1 is 1.47 bits per heavy atom. The quantitative estimate of drug-likeness (QED) is 0.702. The molecule has 1 saturated heterocycles. The normalized spacial score (nSPS) is 20.1. The van der Waals surface area contributed by atoms with Crippen LogP contribution in [0.1, 0.15) is 34.1 Å². The van der Waals surface area contributed by atoms with Gasteiger partial charge in [0.1, 0.15) is 11.4 Å². The van der Waals surface area contributed by atoms with Crippen LogP contribution in [0.15, 0.2) is 0 Å². The summed E-state index contributed by atoms with van der Waals surface area (Å²) in [5.74, 6) is 0.644. The highest BCUT2D eigenvalue weighted by Crippen LogP contribution is 2.07. The molecule has 0 aromatic carbocycles. The molecule has 4 heteroatoms. The molecule has 0 saturated carbocycles. The molecule has 0 radical (unpaired) electrons. The van der Waals surface area contributed by atoms with E-state index < -0.39 is 0 Å². The number of rotatable bonds is 2. The summed E-state index contributed by atoms with van der Waals surface area (Å²) in [5, 5.41) is 3.13. The first-order valence-corrected chi connectivity index (χ1v) is 5.19. The molecule has 1 aliphatic heterocycles. The largest absolute Gasteiger partial charge is 0.462 e. The topological polar surface area (TPSA) is 55.4 Å². The zero-order chi connectivity index (χ0) is 11.9. The minimum Gasteiger partial charge on any atom is -0.462 e. The SMILES string of the molecule is CC(=O)[C@H]1CCNC1.CC(C)(C)OC=O. The maximum absolute atomic E-state index is 10.6. The van der Waals surface area contributed by atoms with Crippen LogP contribution in [-0.4, -0.2) is 30.9 Å². The van der Waals surface area contributed by atoms with Gasteiger partial charge in [-0.05, 0) is 40.7 Å². The van der Waals surface area contributed by atoms with E-state index in [1.54, 1.807) is 6.92 Å². The Kier molecular flexibility index (Phi) is 6.17. The van der Waals surface area contributed by atoms with Crippen LogP contribution in [0.5, 0.6) is 0 Å². The van der Waals surface area contributed by atoms with Crippen LogP contribution >= 0.6 is 0 Å². The molecule has 0 bridgehead atoms. The summed E-state index contributed by atoms with van der Waals surface area (Å²) in [5.41, 5.74) is -0.318. The summed E-state index contributed by atoms with van der Waals surface area (Å²) in [6.07, 6.45) is 1.04. The molecule has 1 rings (SSSR count). The van der Waals surface area contributed by atoms with E-state index in [0.717, 1.165) is 19.5 Å². The molecule has 1 aliphatic rings. The Balaban J connectivity index is 0.000000265. The monoisotopic (exact) mass is 215 g/mol. The molecule has 4 nitrogen and oxygen atoms in total. The zero-order valence-electron chi connectivity index (χ0n) is 10.0. The third-order valence-corrected chi connectivity index (χ3v) is 2.04. The van der Waals surface area contributed by atoms with Crippen molar-refractivity contribution < 1.29 is 14.3 Å². The second-order valence-corrected chi connectivity index (χ2v) is 4.63. The number of carbonyl (C=O) groups excluding carboxylic acids is 2. The highest BCUT2D eigenvalue weighted by molar-refractivity contribution is 5.78. The molecule has 0 aromatic rings. The minimum absolute atomic E-state index is 0.315. The fourth-order valence-electron chi connectivity index (χ4n) is 1.15. The van der Waals surface area contributed by atoms with Crippen LogP contribution in [0.3, 0.4) is 0 Å². The van der Waals surface area contributed by atoms with E-state index in [1.807, 2.05) is 20.8 Å². The lowest BCUT2D eigenvalue weighted by Crippen LogP contribution is -2.17. The van der Waals surface area contributed by atoms with Crippen LogP contribution in [0.4, 0.5) is 0 Å². The number of hydrogen-bond donors (Lipinski definition) is 1. The van der Waals surface area contributed by atoms with Gasteiger partial charge in [-0.25, -0.2) is 0 Å². The van der Waals surface area contributed by atoms with E-state index in [1.165, 1.54) is 0 Å². The molecule has 0 unspecified atom stereocenters. The van der Waals surface area contributed by atoms with Gasteiger partial charge in [0.2, 0.25) is 0 Å². The van der Waals surface area contributed by atoms with Gasteiger partial charge in [-0.15, -0.1) is 0 Å². The van der Waals surface area contributed by atoms with Gasteiger partial charge in [0.25, 0.3) is 6.47 Å². The van der Waals surface area contributed by atoms with E-state index in [9.17, 15) is 9.59 Å². The van der Waals surface area contributed by atoms with E-state index in [-0.39, 0.29) is 5.60 Å². The molecule has 0 aromatic heterocycles. The maximum Gasteiger partial charge on any atom is 0.293 e. The lowest BCUT2D eigenvalue weighted by molar-refractivity contribution is -0.138. The average Bonchev–Trinajstić information content (AvgIpc) is 2.53. The number of carbonyl (C=O) groups is 2. The second-order valence-electron chi connectivity index (χ2n) is 4.63. The van der Waals surface area contributed by atoms with Crippen molar-refractivity contribution in [2.45, 2.75) is 39.7 Å². The van der Waals surface area contributed by atoms with Crippen molar-refractivity contribution in [1.29, 1.82) is 0 Å². The first-order chi connectivity index (χ1) is 6.87. The molecule has 15 heavy (non-hydrogen) atoms. The third-order valence-electron chi connectivity index (χ3n) is 2.04. The molecular formula is C11H21NO3. The van der Waals surface area contributed by atoms with Crippen molar-refractivity contribution >= 4 is 12.3 Å². The summed E-state index contributed by atoms with van der Waals surface area (Å²) in [7, 11) is 0. The van der Waals surface area contributed by atoms with Gasteiger partial charge < -0.3 is 10.1 Å². The molecule has 1 fully saturated rings. The highest BCUT2D eigenvalue weighted by atomic mass is 16.5. The van der Waals surface area contributed by atoms with Gasteiger partial charge in [-0.2, -0.15) is 0 Å². The van der Waals surface area contributed by atoms with Crippen molar-refractivity contribution in [3.05, 3.63) is 0 Å². The Morgan fingerprint density at radius 3 is 2.20 bits per heavy atom. The van der Waals surface area contributed by atoms with Crippen molar-refractivity contribution in [2.24, 2.45) is 5.92 Å².